The summed E-state index contributed by atoms with van der Waals surface area (Å²) in [5, 5.41) is 0. The third-order valence-corrected chi connectivity index (χ3v) is 6.21. The Morgan fingerprint density at radius 1 is 1.09 bits per heavy atom. The molecule has 3 heterocycles. The van der Waals surface area contributed by atoms with E-state index in [0.717, 1.165) is 23.5 Å². The summed E-state index contributed by atoms with van der Waals surface area (Å²) in [6.07, 6.45) is 3.75. The standard InChI is InChI=1S/C26H27N5O3/c1-18-16-30(20-12-7-13-21(15-20)34-3)25-27-23-22(31(25)17-18)24(32)29(26(33)28(23)2)14-8-11-19-9-5-4-6-10-19/h4-13,15,18H,14,16-17H2,1-3H3/b11-8-/t18-/m1/s1. The van der Waals surface area contributed by atoms with Crippen LogP contribution in [0.5, 0.6) is 5.75 Å². The Hall–Kier alpha value is -4.07. The maximum absolute atomic E-state index is 13.5. The zero-order chi connectivity index (χ0) is 23.8. The lowest BCUT2D eigenvalue weighted by atomic mass is 10.1. The monoisotopic (exact) mass is 457 g/mol. The molecule has 174 valence electrons. The smallest absolute Gasteiger partial charge is 0.332 e. The highest BCUT2D eigenvalue weighted by Gasteiger charge is 2.29. The number of fused-ring (bicyclic) bond motifs is 3. The van der Waals surface area contributed by atoms with Gasteiger partial charge in [-0.15, -0.1) is 0 Å². The largest absolute Gasteiger partial charge is 0.497 e. The van der Waals surface area contributed by atoms with E-state index in [-0.39, 0.29) is 23.7 Å². The highest BCUT2D eigenvalue weighted by molar-refractivity contribution is 5.77. The van der Waals surface area contributed by atoms with Crippen LogP contribution < -0.4 is 20.9 Å². The van der Waals surface area contributed by atoms with Crippen LogP contribution in [-0.4, -0.2) is 32.3 Å². The van der Waals surface area contributed by atoms with Crippen LogP contribution in [0.4, 0.5) is 11.6 Å². The van der Waals surface area contributed by atoms with Crippen molar-refractivity contribution in [2.45, 2.75) is 20.0 Å². The van der Waals surface area contributed by atoms with E-state index in [1.54, 1.807) is 14.2 Å². The van der Waals surface area contributed by atoms with Gasteiger partial charge in [0.05, 0.1) is 7.11 Å². The van der Waals surface area contributed by atoms with Crippen molar-refractivity contribution in [1.82, 2.24) is 18.7 Å². The molecule has 0 fully saturated rings. The molecule has 0 radical (unpaired) electrons. The number of anilines is 2. The fraction of sp³-hybridized carbons (Fsp3) is 0.269. The molecule has 0 N–H and O–H groups in total. The van der Waals surface area contributed by atoms with E-state index < -0.39 is 0 Å². The van der Waals surface area contributed by atoms with Crippen LogP contribution in [-0.2, 0) is 20.1 Å². The predicted octanol–water partition coefficient (Wildman–Crippen LogP) is 3.41. The number of imidazole rings is 1. The van der Waals surface area contributed by atoms with Gasteiger partial charge < -0.3 is 14.2 Å². The van der Waals surface area contributed by atoms with E-state index in [1.165, 1.54) is 9.13 Å². The first-order chi connectivity index (χ1) is 16.5. The molecule has 1 atom stereocenters. The fourth-order valence-corrected chi connectivity index (χ4v) is 4.52. The molecular formula is C26H27N5O3. The second kappa shape index (κ2) is 8.70. The summed E-state index contributed by atoms with van der Waals surface area (Å²) < 4.78 is 10.1. The van der Waals surface area contributed by atoms with Crippen LogP contribution in [0, 0.1) is 5.92 Å². The minimum atomic E-state index is -0.383. The van der Waals surface area contributed by atoms with Crippen LogP contribution in [0.15, 0.2) is 70.3 Å². The zero-order valence-corrected chi connectivity index (χ0v) is 19.5. The molecule has 2 aromatic heterocycles. The molecule has 1 aliphatic rings. The third-order valence-electron chi connectivity index (χ3n) is 6.21. The van der Waals surface area contributed by atoms with Gasteiger partial charge in [-0.05, 0) is 23.6 Å². The summed E-state index contributed by atoms with van der Waals surface area (Å²) in [4.78, 5) is 33.5. The second-order valence-electron chi connectivity index (χ2n) is 8.68. The number of hydrogen-bond donors (Lipinski definition) is 0. The Morgan fingerprint density at radius 3 is 2.65 bits per heavy atom. The summed E-state index contributed by atoms with van der Waals surface area (Å²) in [6.45, 7) is 3.73. The lowest BCUT2D eigenvalue weighted by molar-refractivity contribution is 0.414. The number of rotatable bonds is 5. The molecule has 8 nitrogen and oxygen atoms in total. The Kier molecular flexibility index (Phi) is 5.57. The van der Waals surface area contributed by atoms with Crippen molar-refractivity contribution in [3.63, 3.8) is 0 Å². The Balaban J connectivity index is 1.63. The molecule has 0 saturated carbocycles. The van der Waals surface area contributed by atoms with Crippen molar-refractivity contribution in [2.24, 2.45) is 13.0 Å². The first-order valence-electron chi connectivity index (χ1n) is 11.3. The number of methoxy groups -OCH3 is 1. The topological polar surface area (TPSA) is 74.3 Å². The van der Waals surface area contributed by atoms with Crippen molar-refractivity contribution in [3.05, 3.63) is 87.1 Å². The molecule has 0 bridgehead atoms. The van der Waals surface area contributed by atoms with E-state index in [9.17, 15) is 9.59 Å². The molecule has 0 aliphatic carbocycles. The Bertz CT molecular complexity index is 1500. The summed E-state index contributed by atoms with van der Waals surface area (Å²) in [5.41, 5.74) is 2.08. The number of ether oxygens (including phenoxy) is 1. The van der Waals surface area contributed by atoms with Gasteiger partial charge in [0.15, 0.2) is 11.2 Å². The molecule has 0 spiro atoms. The minimum Gasteiger partial charge on any atom is -0.497 e. The maximum atomic E-state index is 13.5. The van der Waals surface area contributed by atoms with Gasteiger partial charge in [0.2, 0.25) is 5.95 Å². The van der Waals surface area contributed by atoms with Crippen molar-refractivity contribution in [1.29, 1.82) is 0 Å². The molecule has 34 heavy (non-hydrogen) atoms. The number of benzene rings is 2. The van der Waals surface area contributed by atoms with Gasteiger partial charge in [0, 0.05) is 38.4 Å². The van der Waals surface area contributed by atoms with Crippen molar-refractivity contribution < 1.29 is 4.74 Å². The molecule has 1 aliphatic heterocycles. The summed E-state index contributed by atoms with van der Waals surface area (Å²) in [5.74, 6) is 1.68. The number of allylic oxidation sites excluding steroid dienone is 1. The van der Waals surface area contributed by atoms with Gasteiger partial charge in [0.1, 0.15) is 5.75 Å². The molecule has 4 aromatic rings. The quantitative estimate of drug-likeness (QED) is 0.459. The molecule has 0 amide bonds. The lowest BCUT2D eigenvalue weighted by Crippen LogP contribution is -2.40. The fourth-order valence-electron chi connectivity index (χ4n) is 4.52. The summed E-state index contributed by atoms with van der Waals surface area (Å²) >= 11 is 0. The van der Waals surface area contributed by atoms with Crippen LogP contribution in [0.1, 0.15) is 12.5 Å². The van der Waals surface area contributed by atoms with E-state index in [2.05, 4.69) is 11.8 Å². The van der Waals surface area contributed by atoms with Crippen molar-refractivity contribution in [2.75, 3.05) is 18.6 Å². The van der Waals surface area contributed by atoms with Crippen LogP contribution in [0.3, 0.4) is 0 Å². The second-order valence-corrected chi connectivity index (χ2v) is 8.68. The summed E-state index contributed by atoms with van der Waals surface area (Å²) in [7, 11) is 3.30. The van der Waals surface area contributed by atoms with Crippen molar-refractivity contribution >= 4 is 28.9 Å². The number of aryl methyl sites for hydroxylation is 1. The molecule has 2 aromatic carbocycles. The van der Waals surface area contributed by atoms with Gasteiger partial charge in [0.25, 0.3) is 5.56 Å². The number of nitrogens with zero attached hydrogens (tertiary/aromatic N) is 5. The Morgan fingerprint density at radius 2 is 1.88 bits per heavy atom. The normalized spacial score (nSPS) is 15.7. The van der Waals surface area contributed by atoms with Gasteiger partial charge >= 0.3 is 5.69 Å². The average Bonchev–Trinajstić information content (AvgIpc) is 3.24. The molecular weight excluding hydrogens is 430 g/mol. The van der Waals surface area contributed by atoms with Crippen LogP contribution in [0.25, 0.3) is 17.2 Å². The van der Waals surface area contributed by atoms with E-state index in [1.807, 2.05) is 71.3 Å². The SMILES string of the molecule is COc1cccc(N2C[C@@H](C)Cn3c2nc2c3c(=O)n(C/C=C\c3ccccc3)c(=O)n2C)c1. The van der Waals surface area contributed by atoms with Gasteiger partial charge in [-0.2, -0.15) is 4.98 Å². The lowest BCUT2D eigenvalue weighted by Gasteiger charge is -2.33. The van der Waals surface area contributed by atoms with E-state index in [0.29, 0.717) is 23.7 Å². The number of aromatic nitrogens is 4. The Labute approximate surface area is 197 Å². The average molecular weight is 458 g/mol. The first-order valence-corrected chi connectivity index (χ1v) is 11.3. The van der Waals surface area contributed by atoms with Crippen molar-refractivity contribution in [3.8, 4) is 5.75 Å². The maximum Gasteiger partial charge on any atom is 0.332 e. The van der Waals surface area contributed by atoms with Gasteiger partial charge in [-0.3, -0.25) is 13.9 Å². The first kappa shape index (κ1) is 21.8. The highest BCUT2D eigenvalue weighted by Crippen LogP contribution is 2.34. The van der Waals surface area contributed by atoms with E-state index in [4.69, 9.17) is 9.72 Å². The van der Waals surface area contributed by atoms with E-state index >= 15 is 0 Å². The highest BCUT2D eigenvalue weighted by atomic mass is 16.5. The minimum absolute atomic E-state index is 0.187. The zero-order valence-electron chi connectivity index (χ0n) is 19.5. The number of hydrogen-bond acceptors (Lipinski definition) is 5. The van der Waals surface area contributed by atoms with Crippen LogP contribution in [0.2, 0.25) is 0 Å². The third kappa shape index (κ3) is 3.71. The van der Waals surface area contributed by atoms with Crippen LogP contribution >= 0.6 is 0 Å². The summed E-state index contributed by atoms with van der Waals surface area (Å²) in [6, 6.07) is 17.6. The van der Waals surface area contributed by atoms with Gasteiger partial charge in [-0.1, -0.05) is 55.5 Å². The predicted molar refractivity (Wildman–Crippen MR) is 134 cm³/mol. The molecule has 0 saturated heterocycles. The molecule has 5 rings (SSSR count). The van der Waals surface area contributed by atoms with Gasteiger partial charge in [-0.25, -0.2) is 4.79 Å². The molecule has 8 heteroatoms. The molecule has 0 unspecified atom stereocenters.